The van der Waals surface area contributed by atoms with Crippen molar-refractivity contribution in [2.24, 2.45) is 5.92 Å². The van der Waals surface area contributed by atoms with E-state index in [1.165, 1.54) is 37.3 Å². The molecule has 15 heavy (non-hydrogen) atoms. The van der Waals surface area contributed by atoms with Gasteiger partial charge in [-0.3, -0.25) is 0 Å². The zero-order chi connectivity index (χ0) is 10.8. The Morgan fingerprint density at radius 2 is 2.13 bits per heavy atom. The van der Waals surface area contributed by atoms with Gasteiger partial charge in [0.15, 0.2) is 0 Å². The fourth-order valence-electron chi connectivity index (χ4n) is 2.55. The minimum absolute atomic E-state index is 0.283. The molecule has 0 aromatic heterocycles. The molecular weight excluding hydrogens is 189 g/mol. The maximum Gasteiger partial charge on any atom is 0.146 e. The summed E-state index contributed by atoms with van der Waals surface area (Å²) in [6, 6.07) is 5.18. The summed E-state index contributed by atoms with van der Waals surface area (Å²) in [7, 11) is 0. The van der Waals surface area contributed by atoms with E-state index in [4.69, 9.17) is 5.73 Å². The molecule has 1 nitrogen and oxygen atoms in total. The van der Waals surface area contributed by atoms with E-state index in [0.717, 1.165) is 5.92 Å². The van der Waals surface area contributed by atoms with Crippen molar-refractivity contribution in [3.8, 4) is 0 Å². The zero-order valence-corrected chi connectivity index (χ0v) is 9.17. The predicted octanol–water partition coefficient (Wildman–Crippen LogP) is 3.70. The molecular formula is C13H18FN. The van der Waals surface area contributed by atoms with Crippen molar-refractivity contribution in [1.82, 2.24) is 0 Å². The molecule has 2 heteroatoms. The van der Waals surface area contributed by atoms with Crippen molar-refractivity contribution in [3.05, 3.63) is 29.6 Å². The third kappa shape index (κ3) is 2.31. The standard InChI is InChI=1S/C13H18FN/c1-9-3-2-4-10(7-9)11-5-6-12(14)13(15)8-11/h5-6,8-10H,2-4,7,15H2,1H3/t9-,10+/m1/s1. The van der Waals surface area contributed by atoms with Crippen LogP contribution >= 0.6 is 0 Å². The van der Waals surface area contributed by atoms with Crippen LogP contribution in [0.1, 0.15) is 44.1 Å². The Labute approximate surface area is 90.5 Å². The predicted molar refractivity (Wildman–Crippen MR) is 61.2 cm³/mol. The van der Waals surface area contributed by atoms with Crippen molar-refractivity contribution in [2.75, 3.05) is 5.73 Å². The second-order valence-corrected chi connectivity index (χ2v) is 4.75. The maximum absolute atomic E-state index is 13.0. The summed E-state index contributed by atoms with van der Waals surface area (Å²) >= 11 is 0. The van der Waals surface area contributed by atoms with Crippen molar-refractivity contribution in [2.45, 2.75) is 38.5 Å². The molecule has 2 N–H and O–H groups in total. The lowest BCUT2D eigenvalue weighted by Crippen LogP contribution is -2.12. The van der Waals surface area contributed by atoms with Crippen LogP contribution in [0.3, 0.4) is 0 Å². The van der Waals surface area contributed by atoms with Crippen LogP contribution in [0.5, 0.6) is 0 Å². The van der Waals surface area contributed by atoms with E-state index in [1.807, 2.05) is 6.07 Å². The molecule has 0 radical (unpaired) electrons. The van der Waals surface area contributed by atoms with Gasteiger partial charge in [-0.15, -0.1) is 0 Å². The first-order valence-corrected chi connectivity index (χ1v) is 5.71. The molecule has 0 amide bonds. The minimum atomic E-state index is -0.303. The lowest BCUT2D eigenvalue weighted by atomic mass is 9.79. The van der Waals surface area contributed by atoms with Crippen LogP contribution < -0.4 is 5.73 Å². The molecule has 0 aliphatic heterocycles. The summed E-state index contributed by atoms with van der Waals surface area (Å²) in [4.78, 5) is 0. The molecule has 82 valence electrons. The van der Waals surface area contributed by atoms with E-state index in [0.29, 0.717) is 5.92 Å². The summed E-state index contributed by atoms with van der Waals surface area (Å²) in [5.41, 5.74) is 7.08. The Balaban J connectivity index is 2.18. The van der Waals surface area contributed by atoms with Gasteiger partial charge in [-0.25, -0.2) is 4.39 Å². The van der Waals surface area contributed by atoms with Crippen LogP contribution in [0.4, 0.5) is 10.1 Å². The van der Waals surface area contributed by atoms with E-state index in [2.05, 4.69) is 6.92 Å². The van der Waals surface area contributed by atoms with Crippen molar-refractivity contribution in [1.29, 1.82) is 0 Å². The van der Waals surface area contributed by atoms with Gasteiger partial charge >= 0.3 is 0 Å². The first-order valence-electron chi connectivity index (χ1n) is 5.71. The Morgan fingerprint density at radius 3 is 2.80 bits per heavy atom. The highest BCUT2D eigenvalue weighted by molar-refractivity contribution is 5.43. The van der Waals surface area contributed by atoms with E-state index < -0.39 is 0 Å². The minimum Gasteiger partial charge on any atom is -0.396 e. The third-order valence-corrected chi connectivity index (χ3v) is 3.43. The van der Waals surface area contributed by atoms with Crippen LogP contribution in [0.25, 0.3) is 0 Å². The highest BCUT2D eigenvalue weighted by Crippen LogP contribution is 2.36. The van der Waals surface area contributed by atoms with Crippen LogP contribution in [-0.4, -0.2) is 0 Å². The van der Waals surface area contributed by atoms with Crippen LogP contribution in [-0.2, 0) is 0 Å². The molecule has 2 atom stereocenters. The summed E-state index contributed by atoms with van der Waals surface area (Å²) in [5, 5.41) is 0. The van der Waals surface area contributed by atoms with Gasteiger partial charge in [0, 0.05) is 0 Å². The van der Waals surface area contributed by atoms with Crippen LogP contribution in [0, 0.1) is 11.7 Å². The van der Waals surface area contributed by atoms with E-state index in [9.17, 15) is 4.39 Å². The average molecular weight is 207 g/mol. The molecule has 0 bridgehead atoms. The number of halogens is 1. The fourth-order valence-corrected chi connectivity index (χ4v) is 2.55. The molecule has 1 aromatic rings. The van der Waals surface area contributed by atoms with Gasteiger partial charge < -0.3 is 5.73 Å². The van der Waals surface area contributed by atoms with E-state index in [1.54, 1.807) is 6.07 Å². The SMILES string of the molecule is C[C@@H]1CCC[C@H](c2ccc(F)c(N)c2)C1. The van der Waals surface area contributed by atoms with Gasteiger partial charge in [-0.2, -0.15) is 0 Å². The first-order chi connectivity index (χ1) is 7.16. The van der Waals surface area contributed by atoms with Crippen molar-refractivity contribution < 1.29 is 4.39 Å². The van der Waals surface area contributed by atoms with Gasteiger partial charge in [0.2, 0.25) is 0 Å². The van der Waals surface area contributed by atoms with Crippen LogP contribution in [0.15, 0.2) is 18.2 Å². The Morgan fingerprint density at radius 1 is 1.33 bits per heavy atom. The number of nitrogens with two attached hydrogens (primary N) is 1. The van der Waals surface area contributed by atoms with Crippen molar-refractivity contribution in [3.63, 3.8) is 0 Å². The summed E-state index contributed by atoms with van der Waals surface area (Å²) in [6.07, 6.45) is 5.04. The molecule has 0 unspecified atom stereocenters. The molecule has 0 heterocycles. The first kappa shape index (κ1) is 10.5. The Bertz CT molecular complexity index is 348. The number of nitrogen functional groups attached to an aromatic ring is 1. The Hall–Kier alpha value is -1.05. The molecule has 1 aliphatic carbocycles. The Kier molecular flexibility index (Phi) is 2.94. The average Bonchev–Trinajstić information content (AvgIpc) is 2.22. The van der Waals surface area contributed by atoms with Gasteiger partial charge in [0.05, 0.1) is 5.69 Å². The third-order valence-electron chi connectivity index (χ3n) is 3.43. The topological polar surface area (TPSA) is 26.0 Å². The largest absolute Gasteiger partial charge is 0.396 e. The fraction of sp³-hybridized carbons (Fsp3) is 0.538. The number of rotatable bonds is 1. The summed E-state index contributed by atoms with van der Waals surface area (Å²) in [5.74, 6) is 1.06. The second-order valence-electron chi connectivity index (χ2n) is 4.75. The quantitative estimate of drug-likeness (QED) is 0.698. The number of hydrogen-bond acceptors (Lipinski definition) is 1. The second kappa shape index (κ2) is 4.21. The number of anilines is 1. The monoisotopic (exact) mass is 207 g/mol. The molecule has 1 fully saturated rings. The summed E-state index contributed by atoms with van der Waals surface area (Å²) in [6.45, 7) is 2.29. The highest BCUT2D eigenvalue weighted by Gasteiger charge is 2.20. The van der Waals surface area contributed by atoms with Gasteiger partial charge in [0.1, 0.15) is 5.82 Å². The lowest BCUT2D eigenvalue weighted by Gasteiger charge is -2.27. The molecule has 1 aliphatic rings. The molecule has 0 saturated heterocycles. The molecule has 2 rings (SSSR count). The van der Waals surface area contributed by atoms with E-state index in [-0.39, 0.29) is 11.5 Å². The molecule has 1 aromatic carbocycles. The van der Waals surface area contributed by atoms with E-state index >= 15 is 0 Å². The molecule has 0 spiro atoms. The van der Waals surface area contributed by atoms with Gasteiger partial charge in [-0.05, 0) is 42.4 Å². The van der Waals surface area contributed by atoms with Crippen molar-refractivity contribution >= 4 is 5.69 Å². The van der Waals surface area contributed by atoms with Crippen LogP contribution in [0.2, 0.25) is 0 Å². The maximum atomic E-state index is 13.0. The van der Waals surface area contributed by atoms with Gasteiger partial charge in [-0.1, -0.05) is 25.8 Å². The van der Waals surface area contributed by atoms with Gasteiger partial charge in [0.25, 0.3) is 0 Å². The summed E-state index contributed by atoms with van der Waals surface area (Å²) < 4.78 is 13.0. The lowest BCUT2D eigenvalue weighted by molar-refractivity contribution is 0.344. The normalized spacial score (nSPS) is 26.5. The highest BCUT2D eigenvalue weighted by atomic mass is 19.1. The number of benzene rings is 1. The zero-order valence-electron chi connectivity index (χ0n) is 9.17. The number of hydrogen-bond donors (Lipinski definition) is 1. The molecule has 1 saturated carbocycles. The smallest absolute Gasteiger partial charge is 0.146 e.